The first-order chi connectivity index (χ1) is 25.6. The third-order valence-corrected chi connectivity index (χ3v) is 14.7. The standard InChI is InChI=1S/C17H15BrO4S.C13H12BrF3O3.C10H16OSi/c1-13(12-23(20,21)16-5-3-2-4-6-16)17(19)22-11-14-7-9-15(18)10-8-14;1-8(6-11(18)13(15,16)17)12(19)20-7-9-2-4-10(14)5-3-9;1-9(11)12(2,3)10-7-5-4-6-8-10/h2-10H,1,11-12H2;2-5,11,18H,1,6-7H2;4-9,11H,1-3H3. The van der Waals surface area contributed by atoms with Crippen LogP contribution in [0.1, 0.15) is 24.5 Å². The SMILES string of the molecule is C=C(CC(O)C(F)(F)F)C(=O)OCc1ccc(Br)cc1.C=C(CS(=O)(=O)c1ccccc1)C(=O)OCc1ccc(Br)cc1.CC(O)[Si](C)(C)c1ccccc1. The molecule has 0 amide bonds. The van der Waals surface area contributed by atoms with E-state index in [9.17, 15) is 36.3 Å². The van der Waals surface area contributed by atoms with Gasteiger partial charge in [0.15, 0.2) is 15.9 Å². The van der Waals surface area contributed by atoms with E-state index in [2.05, 4.69) is 70.2 Å². The molecule has 4 aromatic carbocycles. The van der Waals surface area contributed by atoms with E-state index in [0.717, 1.165) is 14.5 Å². The molecule has 15 heteroatoms. The quantitative estimate of drug-likeness (QED) is 0.0778. The van der Waals surface area contributed by atoms with Crippen LogP contribution in [0, 0.1) is 0 Å². The number of aliphatic hydroxyl groups is 2. The first kappa shape index (κ1) is 47.3. The van der Waals surface area contributed by atoms with Crippen molar-refractivity contribution >= 4 is 66.9 Å². The van der Waals surface area contributed by atoms with Crippen molar-refractivity contribution in [3.05, 3.63) is 154 Å². The van der Waals surface area contributed by atoms with Crippen LogP contribution in [0.3, 0.4) is 0 Å². The van der Waals surface area contributed by atoms with Crippen molar-refractivity contribution in [1.82, 2.24) is 0 Å². The number of carbonyl (C=O) groups excluding carboxylic acids is 2. The van der Waals surface area contributed by atoms with Crippen molar-refractivity contribution in [1.29, 1.82) is 0 Å². The van der Waals surface area contributed by atoms with Gasteiger partial charge < -0.3 is 19.7 Å². The minimum atomic E-state index is -4.78. The second-order valence-electron chi connectivity index (χ2n) is 12.7. The van der Waals surface area contributed by atoms with Gasteiger partial charge in [-0.05, 0) is 54.4 Å². The Balaban J connectivity index is 0.000000299. The molecule has 0 saturated carbocycles. The Morgan fingerprint density at radius 1 is 0.727 bits per heavy atom. The van der Waals surface area contributed by atoms with Crippen LogP contribution in [0.2, 0.25) is 13.1 Å². The van der Waals surface area contributed by atoms with E-state index in [4.69, 9.17) is 14.6 Å². The summed E-state index contributed by atoms with van der Waals surface area (Å²) in [7, 11) is -5.20. The molecule has 2 atom stereocenters. The maximum atomic E-state index is 12.2. The molecular formula is C40H43Br2F3O8SSi. The normalized spacial score (nSPS) is 12.4. The molecule has 0 heterocycles. The number of rotatable bonds is 13. The second kappa shape index (κ2) is 22.0. The molecule has 0 aliphatic heterocycles. The smallest absolute Gasteiger partial charge is 0.414 e. The van der Waals surface area contributed by atoms with Crippen LogP contribution in [0.15, 0.2) is 147 Å². The van der Waals surface area contributed by atoms with Gasteiger partial charge >= 0.3 is 18.1 Å². The maximum Gasteiger partial charge on any atom is 0.414 e. The Morgan fingerprint density at radius 3 is 1.53 bits per heavy atom. The van der Waals surface area contributed by atoms with Gasteiger partial charge in [-0.1, -0.05) is 136 Å². The summed E-state index contributed by atoms with van der Waals surface area (Å²) in [6.45, 7) is 13.0. The van der Waals surface area contributed by atoms with E-state index in [-0.39, 0.29) is 29.4 Å². The maximum absolute atomic E-state index is 12.2. The van der Waals surface area contributed by atoms with Gasteiger partial charge in [0, 0.05) is 32.2 Å². The Labute approximate surface area is 337 Å². The molecule has 2 unspecified atom stereocenters. The van der Waals surface area contributed by atoms with E-state index >= 15 is 0 Å². The van der Waals surface area contributed by atoms with E-state index < -0.39 is 59.9 Å². The predicted octanol–water partition coefficient (Wildman–Crippen LogP) is 8.41. The molecule has 0 aliphatic rings. The lowest BCUT2D eigenvalue weighted by atomic mass is 10.1. The largest absolute Gasteiger partial charge is 0.457 e. The molecule has 55 heavy (non-hydrogen) atoms. The van der Waals surface area contributed by atoms with Crippen LogP contribution in [-0.4, -0.2) is 62.4 Å². The summed E-state index contributed by atoms with van der Waals surface area (Å²) in [5.41, 5.74) is 0.795. The molecule has 296 valence electrons. The summed E-state index contributed by atoms with van der Waals surface area (Å²) in [5.74, 6) is -2.14. The number of alkyl halides is 3. The first-order valence-corrected chi connectivity index (χ1v) is 22.9. The van der Waals surface area contributed by atoms with Crippen molar-refractivity contribution in [3.8, 4) is 0 Å². The highest BCUT2D eigenvalue weighted by molar-refractivity contribution is 9.10. The zero-order chi connectivity index (χ0) is 41.4. The Bertz CT molecular complexity index is 1960. The summed E-state index contributed by atoms with van der Waals surface area (Å²) < 4.78 is 72.4. The topological polar surface area (TPSA) is 127 Å². The first-order valence-electron chi connectivity index (χ1n) is 16.6. The molecule has 4 rings (SSSR count). The minimum absolute atomic E-state index is 0.0660. The van der Waals surface area contributed by atoms with Gasteiger partial charge in [-0.15, -0.1) is 0 Å². The molecule has 8 nitrogen and oxygen atoms in total. The van der Waals surface area contributed by atoms with Crippen molar-refractivity contribution in [3.63, 3.8) is 0 Å². The van der Waals surface area contributed by atoms with Gasteiger partial charge in [-0.2, -0.15) is 13.2 Å². The van der Waals surface area contributed by atoms with Gasteiger partial charge in [0.1, 0.15) is 21.3 Å². The molecule has 0 bridgehead atoms. The average molecular weight is 929 g/mol. The summed E-state index contributed by atoms with van der Waals surface area (Å²) in [4.78, 5) is 23.5. The Morgan fingerprint density at radius 2 is 1.13 bits per heavy atom. The van der Waals surface area contributed by atoms with E-state index in [1.54, 1.807) is 54.6 Å². The van der Waals surface area contributed by atoms with Crippen molar-refractivity contribution in [2.75, 3.05) is 5.75 Å². The fourth-order valence-electron chi connectivity index (χ4n) is 4.20. The van der Waals surface area contributed by atoms with Crippen molar-refractivity contribution < 1.29 is 50.9 Å². The number of aliphatic hydroxyl groups excluding tert-OH is 2. The monoisotopic (exact) mass is 926 g/mol. The van der Waals surface area contributed by atoms with E-state index in [1.807, 2.05) is 37.3 Å². The number of esters is 2. The molecule has 0 radical (unpaired) electrons. The summed E-state index contributed by atoms with van der Waals surface area (Å²) in [6, 6.07) is 32.4. The molecule has 0 aliphatic carbocycles. The predicted molar refractivity (Wildman–Crippen MR) is 217 cm³/mol. The summed E-state index contributed by atoms with van der Waals surface area (Å²) >= 11 is 6.55. The molecule has 0 aromatic heterocycles. The number of hydrogen-bond donors (Lipinski definition) is 2. The zero-order valence-electron chi connectivity index (χ0n) is 30.4. The Kier molecular flexibility index (Phi) is 18.9. The van der Waals surface area contributed by atoms with Crippen LogP contribution in [0.25, 0.3) is 0 Å². The summed E-state index contributed by atoms with van der Waals surface area (Å²) in [6.07, 6.45) is -8.30. The number of ether oxygens (including phenoxy) is 2. The van der Waals surface area contributed by atoms with Crippen molar-refractivity contribution in [2.24, 2.45) is 0 Å². The third-order valence-electron chi connectivity index (χ3n) is 7.99. The van der Waals surface area contributed by atoms with Crippen LogP contribution < -0.4 is 5.19 Å². The molecular weight excluding hydrogens is 885 g/mol. The lowest BCUT2D eigenvalue weighted by Crippen LogP contribution is -2.51. The van der Waals surface area contributed by atoms with Crippen molar-refractivity contribution in [2.45, 2.75) is 62.6 Å². The third kappa shape index (κ3) is 16.8. The highest BCUT2D eigenvalue weighted by Crippen LogP contribution is 2.25. The number of benzene rings is 4. The highest BCUT2D eigenvalue weighted by Gasteiger charge is 2.39. The van der Waals surface area contributed by atoms with Crippen LogP contribution >= 0.6 is 31.9 Å². The van der Waals surface area contributed by atoms with Crippen LogP contribution in [0.4, 0.5) is 13.2 Å². The minimum Gasteiger partial charge on any atom is -0.457 e. The number of halogens is 5. The van der Waals surface area contributed by atoms with Gasteiger partial charge in [0.05, 0.1) is 10.6 Å². The summed E-state index contributed by atoms with van der Waals surface area (Å²) in [5, 5.41) is 19.7. The van der Waals surface area contributed by atoms with E-state index in [0.29, 0.717) is 5.56 Å². The lowest BCUT2D eigenvalue weighted by molar-refractivity contribution is -0.203. The Hall–Kier alpha value is -3.86. The zero-order valence-corrected chi connectivity index (χ0v) is 35.4. The van der Waals surface area contributed by atoms with E-state index in [1.165, 1.54) is 17.3 Å². The van der Waals surface area contributed by atoms with Crippen LogP contribution in [0.5, 0.6) is 0 Å². The molecule has 0 fully saturated rings. The number of carbonyl (C=O) groups is 2. The molecule has 4 aromatic rings. The number of hydrogen-bond acceptors (Lipinski definition) is 8. The molecule has 2 N–H and O–H groups in total. The van der Waals surface area contributed by atoms with Gasteiger partial charge in [0.25, 0.3) is 0 Å². The molecule has 0 spiro atoms. The van der Waals surface area contributed by atoms with Gasteiger partial charge in [-0.3, -0.25) is 0 Å². The van der Waals surface area contributed by atoms with Gasteiger partial charge in [0.2, 0.25) is 0 Å². The van der Waals surface area contributed by atoms with Gasteiger partial charge in [-0.25, -0.2) is 18.0 Å². The second-order valence-corrected chi connectivity index (χ2v) is 21.4. The lowest BCUT2D eigenvalue weighted by Gasteiger charge is -2.25. The average Bonchev–Trinajstić information content (AvgIpc) is 3.14. The highest BCUT2D eigenvalue weighted by atomic mass is 79.9. The fraction of sp³-hybridized carbons (Fsp3) is 0.250. The fourth-order valence-corrected chi connectivity index (χ4v) is 7.58. The number of sulfone groups is 1. The van der Waals surface area contributed by atoms with Crippen LogP contribution in [-0.2, 0) is 42.1 Å². The molecule has 0 saturated heterocycles.